The number of aromatic nitrogens is 2. The molecular formula is C36H36ClFN6O. The summed E-state index contributed by atoms with van der Waals surface area (Å²) in [7, 11) is 0. The standard InChI is InChI=1S/C36H36ClFN6O/c1-2-41-32-9-4-25(16-31(32)37)20-43-13-11-36(21-43)12-14-44(22-36)35-34(19-40-23-42-35)45-33-10-7-27(38)17-30(33)28-8-3-24(18-39)15-29(28)26-5-6-26/h3-4,7-10,15-17,19,23,26,41H,2,5-6,11-14,20-22H2,1H3. The molecule has 230 valence electrons. The molecule has 0 amide bonds. The van der Waals surface area contributed by atoms with Crippen LogP contribution in [0.5, 0.6) is 11.5 Å². The van der Waals surface area contributed by atoms with Crippen molar-refractivity contribution in [3.63, 3.8) is 0 Å². The quantitative estimate of drug-likeness (QED) is 0.203. The fourth-order valence-electron chi connectivity index (χ4n) is 7.01. The molecule has 7 nitrogen and oxygen atoms in total. The Labute approximate surface area is 268 Å². The predicted molar refractivity (Wildman–Crippen MR) is 175 cm³/mol. The second-order valence-electron chi connectivity index (χ2n) is 12.6. The van der Waals surface area contributed by atoms with Gasteiger partial charge >= 0.3 is 0 Å². The Morgan fingerprint density at radius 1 is 1.04 bits per heavy atom. The lowest BCUT2D eigenvalue weighted by molar-refractivity contribution is 0.270. The van der Waals surface area contributed by atoms with Gasteiger partial charge in [-0.3, -0.25) is 4.90 Å². The molecule has 3 aromatic carbocycles. The molecule has 1 N–H and O–H groups in total. The van der Waals surface area contributed by atoms with Crippen LogP contribution in [0.2, 0.25) is 5.02 Å². The van der Waals surface area contributed by atoms with Gasteiger partial charge in [0.2, 0.25) is 0 Å². The molecule has 2 aliphatic heterocycles. The van der Waals surface area contributed by atoms with Gasteiger partial charge < -0.3 is 15.0 Å². The average Bonchev–Trinajstić information content (AvgIpc) is 3.71. The fourth-order valence-corrected chi connectivity index (χ4v) is 7.28. The first-order valence-electron chi connectivity index (χ1n) is 15.7. The molecule has 4 aromatic rings. The van der Waals surface area contributed by atoms with Crippen LogP contribution in [0.15, 0.2) is 67.1 Å². The monoisotopic (exact) mass is 622 g/mol. The molecule has 2 saturated heterocycles. The van der Waals surface area contributed by atoms with Gasteiger partial charge in [0.15, 0.2) is 11.6 Å². The third kappa shape index (κ3) is 6.20. The zero-order valence-electron chi connectivity index (χ0n) is 25.4. The van der Waals surface area contributed by atoms with Crippen molar-refractivity contribution < 1.29 is 9.13 Å². The summed E-state index contributed by atoms with van der Waals surface area (Å²) in [4.78, 5) is 13.8. The zero-order valence-corrected chi connectivity index (χ0v) is 26.2. The molecule has 0 bridgehead atoms. The summed E-state index contributed by atoms with van der Waals surface area (Å²) in [6.45, 7) is 7.60. The van der Waals surface area contributed by atoms with E-state index in [-0.39, 0.29) is 11.2 Å². The van der Waals surface area contributed by atoms with E-state index in [1.807, 2.05) is 12.1 Å². The Kier molecular flexibility index (Phi) is 8.07. The Hall–Kier alpha value is -4.19. The molecular weight excluding hydrogens is 587 g/mol. The Morgan fingerprint density at radius 2 is 1.91 bits per heavy atom. The highest BCUT2D eigenvalue weighted by Crippen LogP contribution is 2.48. The molecule has 3 aliphatic rings. The first kappa shape index (κ1) is 29.5. The number of likely N-dealkylation sites (tertiary alicyclic amines) is 1. The molecule has 45 heavy (non-hydrogen) atoms. The zero-order chi connectivity index (χ0) is 31.0. The van der Waals surface area contributed by atoms with Crippen LogP contribution in [0.1, 0.15) is 55.2 Å². The maximum atomic E-state index is 14.6. The number of rotatable bonds is 9. The van der Waals surface area contributed by atoms with Gasteiger partial charge in [0.25, 0.3) is 0 Å². The van der Waals surface area contributed by atoms with E-state index in [0.717, 1.165) is 92.6 Å². The van der Waals surface area contributed by atoms with E-state index in [1.54, 1.807) is 24.7 Å². The van der Waals surface area contributed by atoms with Crippen molar-refractivity contribution in [2.45, 2.75) is 45.1 Å². The van der Waals surface area contributed by atoms with E-state index in [4.69, 9.17) is 16.3 Å². The van der Waals surface area contributed by atoms with Gasteiger partial charge in [0.05, 0.1) is 28.5 Å². The minimum absolute atomic E-state index is 0.179. The van der Waals surface area contributed by atoms with Crippen molar-refractivity contribution in [3.05, 3.63) is 94.7 Å². The van der Waals surface area contributed by atoms with Gasteiger partial charge in [-0.05, 0) is 104 Å². The number of hydrogen-bond donors (Lipinski definition) is 1. The largest absolute Gasteiger partial charge is 0.451 e. The van der Waals surface area contributed by atoms with Crippen LogP contribution < -0.4 is 15.0 Å². The smallest absolute Gasteiger partial charge is 0.188 e. The summed E-state index contributed by atoms with van der Waals surface area (Å²) in [5.74, 6) is 1.88. The number of nitrogens with one attached hydrogen (secondary N) is 1. The van der Waals surface area contributed by atoms with E-state index >= 15 is 0 Å². The first-order valence-corrected chi connectivity index (χ1v) is 16.1. The molecule has 1 aromatic heterocycles. The number of anilines is 2. The summed E-state index contributed by atoms with van der Waals surface area (Å²) in [6.07, 6.45) is 7.59. The molecule has 1 unspecified atom stereocenters. The second-order valence-corrected chi connectivity index (χ2v) is 13.0. The maximum absolute atomic E-state index is 14.6. The number of nitrogens with zero attached hydrogens (tertiary/aromatic N) is 5. The van der Waals surface area contributed by atoms with Gasteiger partial charge in [0, 0.05) is 43.7 Å². The van der Waals surface area contributed by atoms with Crippen molar-refractivity contribution in [3.8, 4) is 28.7 Å². The number of ether oxygens (including phenoxy) is 1. The van der Waals surface area contributed by atoms with Gasteiger partial charge in [0.1, 0.15) is 17.9 Å². The molecule has 7 rings (SSSR count). The number of benzene rings is 3. The molecule has 9 heteroatoms. The normalized spacial score (nSPS) is 19.6. The highest BCUT2D eigenvalue weighted by Gasteiger charge is 2.44. The van der Waals surface area contributed by atoms with E-state index in [1.165, 1.54) is 17.7 Å². The highest BCUT2D eigenvalue weighted by molar-refractivity contribution is 6.33. The Bertz CT molecular complexity index is 1770. The number of hydrogen-bond acceptors (Lipinski definition) is 7. The van der Waals surface area contributed by atoms with Crippen LogP contribution >= 0.6 is 11.6 Å². The second kappa shape index (κ2) is 12.3. The number of nitriles is 1. The molecule has 0 radical (unpaired) electrons. The summed E-state index contributed by atoms with van der Waals surface area (Å²) < 4.78 is 21.2. The van der Waals surface area contributed by atoms with E-state index in [2.05, 4.69) is 56.3 Å². The predicted octanol–water partition coefficient (Wildman–Crippen LogP) is 8.01. The van der Waals surface area contributed by atoms with E-state index < -0.39 is 0 Å². The maximum Gasteiger partial charge on any atom is 0.188 e. The minimum Gasteiger partial charge on any atom is -0.451 e. The van der Waals surface area contributed by atoms with E-state index in [0.29, 0.717) is 28.5 Å². The van der Waals surface area contributed by atoms with Crippen LogP contribution in [0.3, 0.4) is 0 Å². The number of halogens is 2. The lowest BCUT2D eigenvalue weighted by Crippen LogP contribution is -2.31. The van der Waals surface area contributed by atoms with Gasteiger partial charge in [-0.25, -0.2) is 14.4 Å². The summed E-state index contributed by atoms with van der Waals surface area (Å²) in [5, 5.41) is 13.6. The topological polar surface area (TPSA) is 77.3 Å². The van der Waals surface area contributed by atoms with E-state index in [9.17, 15) is 9.65 Å². The van der Waals surface area contributed by atoms with Crippen molar-refractivity contribution in [1.29, 1.82) is 5.26 Å². The summed E-state index contributed by atoms with van der Waals surface area (Å²) in [5.41, 5.74) is 5.62. The van der Waals surface area contributed by atoms with Crippen LogP contribution in [-0.4, -0.2) is 47.6 Å². The van der Waals surface area contributed by atoms with Crippen LogP contribution in [0.25, 0.3) is 11.1 Å². The average molecular weight is 623 g/mol. The highest BCUT2D eigenvalue weighted by atomic mass is 35.5. The summed E-state index contributed by atoms with van der Waals surface area (Å²) >= 11 is 6.52. The van der Waals surface area contributed by atoms with Crippen molar-refractivity contribution in [1.82, 2.24) is 14.9 Å². The van der Waals surface area contributed by atoms with Gasteiger partial charge in [-0.2, -0.15) is 5.26 Å². The van der Waals surface area contributed by atoms with Gasteiger partial charge in [-0.15, -0.1) is 0 Å². The third-order valence-electron chi connectivity index (χ3n) is 9.37. The lowest BCUT2D eigenvalue weighted by Gasteiger charge is -2.26. The molecule has 1 spiro atoms. The lowest BCUT2D eigenvalue weighted by atomic mass is 9.86. The minimum atomic E-state index is -0.337. The van der Waals surface area contributed by atoms with Crippen molar-refractivity contribution in [2.75, 3.05) is 42.9 Å². The molecule has 1 saturated carbocycles. The molecule has 1 aliphatic carbocycles. The third-order valence-corrected chi connectivity index (χ3v) is 9.68. The first-order chi connectivity index (χ1) is 21.9. The van der Waals surface area contributed by atoms with Gasteiger partial charge in [-0.1, -0.05) is 23.7 Å². The van der Waals surface area contributed by atoms with Crippen molar-refractivity contribution in [2.24, 2.45) is 5.41 Å². The van der Waals surface area contributed by atoms with Crippen LogP contribution in [0.4, 0.5) is 15.9 Å². The summed E-state index contributed by atoms with van der Waals surface area (Å²) in [6, 6.07) is 18.8. The van der Waals surface area contributed by atoms with Crippen LogP contribution in [-0.2, 0) is 6.54 Å². The molecule has 3 heterocycles. The Morgan fingerprint density at radius 3 is 2.71 bits per heavy atom. The van der Waals surface area contributed by atoms with Crippen molar-refractivity contribution >= 4 is 23.1 Å². The SMILES string of the molecule is CCNc1ccc(CN2CCC3(CCN(c4ncncc4Oc4ccc(F)cc4-c4ccc(C#N)cc4C4CC4)C3)C2)cc1Cl. The van der Waals surface area contributed by atoms with Crippen LogP contribution in [0, 0.1) is 22.6 Å². The molecule has 1 atom stereocenters. The fraction of sp³-hybridized carbons (Fsp3) is 0.361. The Balaban J connectivity index is 1.09. The molecule has 3 fully saturated rings.